The van der Waals surface area contributed by atoms with Crippen molar-refractivity contribution in [3.63, 3.8) is 0 Å². The second kappa shape index (κ2) is 37.0. The van der Waals surface area contributed by atoms with E-state index in [-0.39, 0.29) is 0 Å². The molecule has 0 aliphatic carbocycles. The number of rotatable bonds is 4. The number of hydrogen-bond acceptors (Lipinski definition) is 1. The summed E-state index contributed by atoms with van der Waals surface area (Å²) in [6.07, 6.45) is 5.16. The zero-order valence-electron chi connectivity index (χ0n) is 12.6. The minimum atomic E-state index is 0.330. The zero-order chi connectivity index (χ0) is 13.1. The molecular formula is C14H36O. The molecule has 0 amide bonds. The maximum atomic E-state index is 8.33. The number of aliphatic hydroxyl groups is 1. The van der Waals surface area contributed by atoms with Crippen molar-refractivity contribution in [1.82, 2.24) is 0 Å². The third kappa shape index (κ3) is 56.2. The first kappa shape index (κ1) is 24.3. The SMILES string of the molecule is CC.CC.CCC(C)CO.CCCCC. The lowest BCUT2D eigenvalue weighted by molar-refractivity contribution is 0.234. The van der Waals surface area contributed by atoms with E-state index in [9.17, 15) is 0 Å². The van der Waals surface area contributed by atoms with Crippen LogP contribution in [0.1, 0.15) is 81.1 Å². The highest BCUT2D eigenvalue weighted by molar-refractivity contribution is 4.41. The maximum absolute atomic E-state index is 8.33. The Morgan fingerprint density at radius 2 is 1.20 bits per heavy atom. The van der Waals surface area contributed by atoms with Crippen LogP contribution in [0, 0.1) is 5.92 Å². The van der Waals surface area contributed by atoms with Gasteiger partial charge in [-0.15, -0.1) is 0 Å². The predicted molar refractivity (Wildman–Crippen MR) is 74.4 cm³/mol. The van der Waals surface area contributed by atoms with Crippen LogP contribution in [0.5, 0.6) is 0 Å². The van der Waals surface area contributed by atoms with Crippen LogP contribution in [0.25, 0.3) is 0 Å². The molecule has 0 saturated carbocycles. The van der Waals surface area contributed by atoms with Gasteiger partial charge in [0.15, 0.2) is 0 Å². The maximum Gasteiger partial charge on any atom is 0.0456 e. The van der Waals surface area contributed by atoms with Gasteiger partial charge < -0.3 is 5.11 Å². The molecule has 0 aromatic rings. The van der Waals surface area contributed by atoms with E-state index < -0.39 is 0 Å². The van der Waals surface area contributed by atoms with Crippen molar-refractivity contribution in [2.75, 3.05) is 6.61 Å². The summed E-state index contributed by atoms with van der Waals surface area (Å²) in [5.74, 6) is 0.491. The Balaban J connectivity index is -0.0000000610. The van der Waals surface area contributed by atoms with Crippen LogP contribution in [0.2, 0.25) is 0 Å². The van der Waals surface area contributed by atoms with Crippen molar-refractivity contribution >= 4 is 0 Å². The van der Waals surface area contributed by atoms with Gasteiger partial charge in [0.05, 0.1) is 0 Å². The van der Waals surface area contributed by atoms with Crippen LogP contribution in [-0.2, 0) is 0 Å². The van der Waals surface area contributed by atoms with Crippen LogP contribution in [0.3, 0.4) is 0 Å². The average molecular weight is 220 g/mol. The van der Waals surface area contributed by atoms with Crippen molar-refractivity contribution < 1.29 is 5.11 Å². The Kier molecular flexibility index (Phi) is 59.9. The van der Waals surface area contributed by atoms with E-state index in [2.05, 4.69) is 20.8 Å². The molecular weight excluding hydrogens is 184 g/mol. The standard InChI is InChI=1S/C5H12O.C5H12.2C2H6/c1-3-5(2)4-6;1-3-5-4-2;2*1-2/h5-6H,3-4H2,1-2H3;3-5H2,1-2H3;2*1-2H3. The van der Waals surface area contributed by atoms with E-state index in [1.807, 2.05) is 34.6 Å². The van der Waals surface area contributed by atoms with E-state index in [4.69, 9.17) is 5.11 Å². The fourth-order valence-corrected chi connectivity index (χ4v) is 0.483. The van der Waals surface area contributed by atoms with Gasteiger partial charge in [-0.1, -0.05) is 81.1 Å². The molecule has 0 rings (SSSR count). The van der Waals surface area contributed by atoms with Gasteiger partial charge in [-0.05, 0) is 5.92 Å². The minimum Gasteiger partial charge on any atom is -0.396 e. The monoisotopic (exact) mass is 220 g/mol. The number of unbranched alkanes of at least 4 members (excludes halogenated alkanes) is 2. The Morgan fingerprint density at radius 3 is 1.20 bits per heavy atom. The second-order valence-corrected chi connectivity index (χ2v) is 3.05. The summed E-state index contributed by atoms with van der Waals surface area (Å²) in [6.45, 7) is 16.9. The summed E-state index contributed by atoms with van der Waals surface area (Å²) in [4.78, 5) is 0. The van der Waals surface area contributed by atoms with Gasteiger partial charge in [0, 0.05) is 6.61 Å². The zero-order valence-corrected chi connectivity index (χ0v) is 12.6. The van der Waals surface area contributed by atoms with Gasteiger partial charge in [0.2, 0.25) is 0 Å². The van der Waals surface area contributed by atoms with Crippen molar-refractivity contribution in [3.8, 4) is 0 Å². The number of aliphatic hydroxyl groups excluding tert-OH is 1. The van der Waals surface area contributed by atoms with Crippen molar-refractivity contribution in [2.24, 2.45) is 5.92 Å². The predicted octanol–water partition coefficient (Wildman–Crippen LogP) is 5.27. The van der Waals surface area contributed by atoms with Gasteiger partial charge in [0.25, 0.3) is 0 Å². The van der Waals surface area contributed by atoms with E-state index in [0.29, 0.717) is 12.5 Å². The molecule has 0 saturated heterocycles. The van der Waals surface area contributed by atoms with Gasteiger partial charge in [-0.25, -0.2) is 0 Å². The van der Waals surface area contributed by atoms with Crippen LogP contribution in [0.4, 0.5) is 0 Å². The second-order valence-electron chi connectivity index (χ2n) is 3.05. The summed E-state index contributed by atoms with van der Waals surface area (Å²) in [6, 6.07) is 0. The van der Waals surface area contributed by atoms with E-state index in [0.717, 1.165) is 6.42 Å². The molecule has 0 aliphatic rings. The van der Waals surface area contributed by atoms with Crippen molar-refractivity contribution in [1.29, 1.82) is 0 Å². The fraction of sp³-hybridized carbons (Fsp3) is 1.00. The molecule has 1 N–H and O–H groups in total. The highest BCUT2D eigenvalue weighted by Gasteiger charge is 1.90. The van der Waals surface area contributed by atoms with Crippen LogP contribution in [-0.4, -0.2) is 11.7 Å². The molecule has 0 heterocycles. The van der Waals surface area contributed by atoms with Gasteiger partial charge >= 0.3 is 0 Å². The van der Waals surface area contributed by atoms with Crippen LogP contribution < -0.4 is 0 Å². The van der Waals surface area contributed by atoms with Gasteiger partial charge in [-0.3, -0.25) is 0 Å². The summed E-state index contributed by atoms with van der Waals surface area (Å²) in [7, 11) is 0. The van der Waals surface area contributed by atoms with Crippen molar-refractivity contribution in [3.05, 3.63) is 0 Å². The normalized spacial score (nSPS) is 9.40. The molecule has 0 fully saturated rings. The summed E-state index contributed by atoms with van der Waals surface area (Å²) in [5, 5.41) is 8.33. The molecule has 98 valence electrons. The third-order valence-electron chi connectivity index (χ3n) is 1.72. The highest BCUT2D eigenvalue weighted by Crippen LogP contribution is 1.95. The molecule has 1 nitrogen and oxygen atoms in total. The van der Waals surface area contributed by atoms with E-state index in [1.165, 1.54) is 19.3 Å². The molecule has 1 unspecified atom stereocenters. The quantitative estimate of drug-likeness (QED) is 0.684. The first-order valence-corrected chi connectivity index (χ1v) is 6.83. The Morgan fingerprint density at radius 1 is 0.867 bits per heavy atom. The van der Waals surface area contributed by atoms with E-state index >= 15 is 0 Å². The molecule has 1 heteroatoms. The minimum absolute atomic E-state index is 0.330. The first-order chi connectivity index (χ1) is 7.22. The third-order valence-corrected chi connectivity index (χ3v) is 1.72. The van der Waals surface area contributed by atoms with Crippen LogP contribution in [0.15, 0.2) is 0 Å². The summed E-state index contributed by atoms with van der Waals surface area (Å²) < 4.78 is 0. The van der Waals surface area contributed by atoms with E-state index in [1.54, 1.807) is 0 Å². The Hall–Kier alpha value is -0.0400. The van der Waals surface area contributed by atoms with Gasteiger partial charge in [-0.2, -0.15) is 0 Å². The molecule has 0 bridgehead atoms. The molecule has 0 aromatic heterocycles. The lowest BCUT2D eigenvalue weighted by Crippen LogP contribution is -1.96. The first-order valence-electron chi connectivity index (χ1n) is 6.83. The molecule has 15 heavy (non-hydrogen) atoms. The summed E-state index contributed by atoms with van der Waals surface area (Å²) >= 11 is 0. The summed E-state index contributed by atoms with van der Waals surface area (Å²) in [5.41, 5.74) is 0. The van der Waals surface area contributed by atoms with Crippen molar-refractivity contribution in [2.45, 2.75) is 81.1 Å². The smallest absolute Gasteiger partial charge is 0.0456 e. The fourth-order valence-electron chi connectivity index (χ4n) is 0.483. The molecule has 0 radical (unpaired) electrons. The number of hydrogen-bond donors (Lipinski definition) is 1. The van der Waals surface area contributed by atoms with Crippen LogP contribution >= 0.6 is 0 Å². The molecule has 1 atom stereocenters. The largest absolute Gasteiger partial charge is 0.396 e. The highest BCUT2D eigenvalue weighted by atomic mass is 16.3. The molecule has 0 aliphatic heterocycles. The Labute approximate surface area is 99.3 Å². The topological polar surface area (TPSA) is 20.2 Å². The lowest BCUT2D eigenvalue weighted by atomic mass is 10.1. The average Bonchev–Trinajstić information content (AvgIpc) is 2.35. The Bertz CT molecular complexity index is 47.3. The lowest BCUT2D eigenvalue weighted by Gasteiger charge is -1.98. The molecule has 0 aromatic carbocycles. The van der Waals surface area contributed by atoms with Gasteiger partial charge in [0.1, 0.15) is 0 Å². The molecule has 0 spiro atoms.